The van der Waals surface area contributed by atoms with Gasteiger partial charge in [-0.15, -0.1) is 0 Å². The number of nitrogens with one attached hydrogen (secondary N) is 2. The summed E-state index contributed by atoms with van der Waals surface area (Å²) in [7, 11) is 0. The predicted molar refractivity (Wildman–Crippen MR) is 111 cm³/mol. The number of H-pyrrole nitrogens is 1. The molecule has 7 nitrogen and oxygen atoms in total. The summed E-state index contributed by atoms with van der Waals surface area (Å²) >= 11 is 0. The van der Waals surface area contributed by atoms with Gasteiger partial charge in [0.2, 0.25) is 5.95 Å². The second kappa shape index (κ2) is 7.77. The normalized spacial score (nSPS) is 19.2. The van der Waals surface area contributed by atoms with Gasteiger partial charge in [-0.2, -0.15) is 4.98 Å². The summed E-state index contributed by atoms with van der Waals surface area (Å²) in [5.41, 5.74) is 2.12. The van der Waals surface area contributed by atoms with Gasteiger partial charge in [-0.25, -0.2) is 4.98 Å². The van der Waals surface area contributed by atoms with Crippen molar-refractivity contribution in [2.75, 3.05) is 49.6 Å². The summed E-state index contributed by atoms with van der Waals surface area (Å²) in [4.78, 5) is 17.3. The highest BCUT2D eigenvalue weighted by Crippen LogP contribution is 2.24. The summed E-state index contributed by atoms with van der Waals surface area (Å²) in [5.74, 6) is 1.64. The maximum Gasteiger partial charge on any atom is 0.229 e. The number of anilines is 3. The summed E-state index contributed by atoms with van der Waals surface area (Å²) < 4.78 is 5.48. The fraction of sp³-hybridized carbons (Fsp3) is 0.429. The van der Waals surface area contributed by atoms with Crippen molar-refractivity contribution in [1.82, 2.24) is 19.9 Å². The molecule has 2 aliphatic heterocycles. The van der Waals surface area contributed by atoms with E-state index in [1.165, 1.54) is 18.2 Å². The van der Waals surface area contributed by atoms with E-state index < -0.39 is 0 Å². The lowest BCUT2D eigenvalue weighted by atomic mass is 10.0. The number of hydrogen-bond donors (Lipinski definition) is 2. The summed E-state index contributed by atoms with van der Waals surface area (Å²) in [5, 5.41) is 4.51. The third kappa shape index (κ3) is 3.68. The maximum atomic E-state index is 5.48. The van der Waals surface area contributed by atoms with Crippen LogP contribution in [0.25, 0.3) is 10.9 Å². The van der Waals surface area contributed by atoms with Crippen LogP contribution in [0.5, 0.6) is 0 Å². The fourth-order valence-corrected chi connectivity index (χ4v) is 4.25. The first kappa shape index (κ1) is 17.5. The van der Waals surface area contributed by atoms with Crippen molar-refractivity contribution in [3.05, 3.63) is 42.7 Å². The van der Waals surface area contributed by atoms with Crippen LogP contribution >= 0.6 is 0 Å². The highest BCUT2D eigenvalue weighted by Gasteiger charge is 2.26. The van der Waals surface area contributed by atoms with Crippen LogP contribution in [0.15, 0.2) is 42.7 Å². The number of ether oxygens (including phenoxy) is 1. The number of hydrogen-bond acceptors (Lipinski definition) is 6. The van der Waals surface area contributed by atoms with Gasteiger partial charge in [-0.3, -0.25) is 4.90 Å². The molecule has 28 heavy (non-hydrogen) atoms. The maximum absolute atomic E-state index is 5.48. The molecule has 7 heteroatoms. The number of morpholine rings is 1. The van der Waals surface area contributed by atoms with E-state index in [0.717, 1.165) is 56.4 Å². The van der Waals surface area contributed by atoms with E-state index in [0.29, 0.717) is 12.0 Å². The van der Waals surface area contributed by atoms with Gasteiger partial charge in [-0.1, -0.05) is 0 Å². The molecule has 5 rings (SSSR count). The first-order chi connectivity index (χ1) is 13.8. The largest absolute Gasteiger partial charge is 0.379 e. The van der Waals surface area contributed by atoms with Crippen LogP contribution in [0.1, 0.15) is 12.8 Å². The second-order valence-electron chi connectivity index (χ2n) is 7.51. The lowest BCUT2D eigenvalue weighted by molar-refractivity contribution is 0.0115. The Morgan fingerprint density at radius 2 is 1.89 bits per heavy atom. The van der Waals surface area contributed by atoms with Crippen LogP contribution in [0, 0.1) is 0 Å². The Bertz CT molecular complexity index is 927. The van der Waals surface area contributed by atoms with Crippen LogP contribution in [0.2, 0.25) is 0 Å². The standard InChI is InChI=1S/C21H26N6O/c1-2-19-16(3-7-22-19)15-17(1)24-21-23-8-4-20(25-21)27-9-5-18(6-10-27)26-11-13-28-14-12-26/h1-4,7-8,15,18,22H,5-6,9-14H2,(H,23,24,25). The lowest BCUT2D eigenvalue weighted by Gasteiger charge is -2.40. The van der Waals surface area contributed by atoms with Gasteiger partial charge in [0, 0.05) is 61.2 Å². The number of aromatic amines is 1. The molecule has 0 unspecified atom stereocenters. The number of nitrogens with zero attached hydrogens (tertiary/aromatic N) is 4. The van der Waals surface area contributed by atoms with Gasteiger partial charge in [0.05, 0.1) is 13.2 Å². The fourth-order valence-electron chi connectivity index (χ4n) is 4.25. The van der Waals surface area contributed by atoms with E-state index in [1.54, 1.807) is 0 Å². The van der Waals surface area contributed by atoms with Crippen molar-refractivity contribution >= 4 is 28.4 Å². The van der Waals surface area contributed by atoms with E-state index in [2.05, 4.69) is 43.3 Å². The summed E-state index contributed by atoms with van der Waals surface area (Å²) in [6, 6.07) is 11.0. The molecule has 146 valence electrons. The van der Waals surface area contributed by atoms with E-state index in [1.807, 2.05) is 24.5 Å². The molecule has 0 bridgehead atoms. The molecule has 2 saturated heterocycles. The molecular weight excluding hydrogens is 352 g/mol. The Kier molecular flexibility index (Phi) is 4.85. The van der Waals surface area contributed by atoms with Gasteiger partial charge < -0.3 is 19.9 Å². The molecule has 4 heterocycles. The minimum atomic E-state index is 0.641. The predicted octanol–water partition coefficient (Wildman–Crippen LogP) is 3.00. The molecule has 0 radical (unpaired) electrons. The van der Waals surface area contributed by atoms with Crippen LogP contribution in [0.3, 0.4) is 0 Å². The van der Waals surface area contributed by atoms with E-state index in [-0.39, 0.29) is 0 Å². The highest BCUT2D eigenvalue weighted by molar-refractivity contribution is 5.83. The zero-order chi connectivity index (χ0) is 18.8. The molecule has 2 fully saturated rings. The Morgan fingerprint density at radius 1 is 1.04 bits per heavy atom. The Labute approximate surface area is 164 Å². The van der Waals surface area contributed by atoms with Crippen LogP contribution in [0.4, 0.5) is 17.5 Å². The topological polar surface area (TPSA) is 69.3 Å². The van der Waals surface area contributed by atoms with Crippen LogP contribution in [-0.2, 0) is 4.74 Å². The van der Waals surface area contributed by atoms with Gasteiger partial charge in [-0.05, 0) is 43.2 Å². The Balaban J connectivity index is 1.24. The minimum absolute atomic E-state index is 0.641. The molecule has 2 aliphatic rings. The van der Waals surface area contributed by atoms with Gasteiger partial charge >= 0.3 is 0 Å². The third-order valence-corrected chi connectivity index (χ3v) is 5.80. The van der Waals surface area contributed by atoms with E-state index >= 15 is 0 Å². The highest BCUT2D eigenvalue weighted by atomic mass is 16.5. The lowest BCUT2D eigenvalue weighted by Crippen LogP contribution is -2.49. The Hall–Kier alpha value is -2.64. The van der Waals surface area contributed by atoms with Crippen molar-refractivity contribution in [1.29, 1.82) is 0 Å². The molecule has 0 atom stereocenters. The molecule has 0 spiro atoms. The van der Waals surface area contributed by atoms with Crippen molar-refractivity contribution in [2.45, 2.75) is 18.9 Å². The average molecular weight is 378 g/mol. The first-order valence-corrected chi connectivity index (χ1v) is 10.1. The smallest absolute Gasteiger partial charge is 0.229 e. The Morgan fingerprint density at radius 3 is 2.75 bits per heavy atom. The van der Waals surface area contributed by atoms with Gasteiger partial charge in [0.15, 0.2) is 0 Å². The number of benzene rings is 1. The molecule has 0 saturated carbocycles. The summed E-state index contributed by atoms with van der Waals surface area (Å²) in [6.07, 6.45) is 6.15. The van der Waals surface area contributed by atoms with Crippen molar-refractivity contribution in [3.8, 4) is 0 Å². The molecular formula is C21H26N6O. The molecule has 2 N–H and O–H groups in total. The molecule has 3 aromatic rings. The van der Waals surface area contributed by atoms with Gasteiger partial charge in [0.25, 0.3) is 0 Å². The number of piperidine rings is 1. The average Bonchev–Trinajstić information content (AvgIpc) is 3.23. The summed E-state index contributed by atoms with van der Waals surface area (Å²) in [6.45, 7) is 5.95. The SMILES string of the molecule is c1cc(N2CCC(N3CCOCC3)CC2)nc(Nc2ccc3[nH]ccc3c2)n1. The number of rotatable bonds is 4. The monoisotopic (exact) mass is 378 g/mol. The van der Waals surface area contributed by atoms with Crippen LogP contribution < -0.4 is 10.2 Å². The molecule has 0 aliphatic carbocycles. The van der Waals surface area contributed by atoms with Crippen molar-refractivity contribution < 1.29 is 4.74 Å². The first-order valence-electron chi connectivity index (χ1n) is 10.1. The van der Waals surface area contributed by atoms with E-state index in [9.17, 15) is 0 Å². The molecule has 1 aromatic carbocycles. The molecule has 0 amide bonds. The zero-order valence-electron chi connectivity index (χ0n) is 16.0. The van der Waals surface area contributed by atoms with Crippen LogP contribution in [-0.4, -0.2) is 65.3 Å². The van der Waals surface area contributed by atoms with E-state index in [4.69, 9.17) is 9.72 Å². The third-order valence-electron chi connectivity index (χ3n) is 5.80. The van der Waals surface area contributed by atoms with Crippen molar-refractivity contribution in [3.63, 3.8) is 0 Å². The van der Waals surface area contributed by atoms with Crippen molar-refractivity contribution in [2.24, 2.45) is 0 Å². The van der Waals surface area contributed by atoms with Gasteiger partial charge in [0.1, 0.15) is 5.82 Å². The zero-order valence-corrected chi connectivity index (χ0v) is 16.0. The number of fused-ring (bicyclic) bond motifs is 1. The minimum Gasteiger partial charge on any atom is -0.379 e. The number of aromatic nitrogens is 3. The second-order valence-corrected chi connectivity index (χ2v) is 7.51. The molecule has 2 aromatic heterocycles. The quantitative estimate of drug-likeness (QED) is 0.727.